The van der Waals surface area contributed by atoms with Gasteiger partial charge < -0.3 is 10.1 Å². The molecule has 4 nitrogen and oxygen atoms in total. The summed E-state index contributed by atoms with van der Waals surface area (Å²) in [6, 6.07) is 9.42. The lowest BCUT2D eigenvalue weighted by atomic mass is 10.2. The smallest absolute Gasteiger partial charge is 0.412 e. The summed E-state index contributed by atoms with van der Waals surface area (Å²) in [5, 5.41) is 8.67. The van der Waals surface area contributed by atoms with Crippen molar-refractivity contribution < 1.29 is 9.53 Å². The molecule has 0 saturated heterocycles. The Morgan fingerprint density at radius 2 is 2.00 bits per heavy atom. The van der Waals surface area contributed by atoms with Crippen LogP contribution in [0.25, 0.3) is 0 Å². The first-order valence-electron chi connectivity index (χ1n) is 6.89. The van der Waals surface area contributed by atoms with Crippen LogP contribution in [-0.4, -0.2) is 11.7 Å². The van der Waals surface area contributed by atoms with Crippen LogP contribution in [-0.2, 0) is 11.3 Å². The van der Waals surface area contributed by atoms with Gasteiger partial charge >= 0.3 is 6.09 Å². The molecule has 0 aliphatic carbocycles. The first-order chi connectivity index (χ1) is 10.3. The zero-order valence-electron chi connectivity index (χ0n) is 12.8. The molecular formula is C16H19ClN2O2S. The molecule has 1 heterocycles. The third kappa shape index (κ3) is 5.58. The second-order valence-corrected chi connectivity index (χ2v) is 7.22. The molecular weight excluding hydrogens is 320 g/mol. The van der Waals surface area contributed by atoms with Crippen LogP contribution in [0.15, 0.2) is 35.7 Å². The molecule has 2 N–H and O–H groups in total. The molecule has 0 radical (unpaired) electrons. The number of hydrogen-bond acceptors (Lipinski definition) is 4. The zero-order valence-corrected chi connectivity index (χ0v) is 14.3. The van der Waals surface area contributed by atoms with Gasteiger partial charge in [-0.05, 0) is 45.0 Å². The van der Waals surface area contributed by atoms with Crippen molar-refractivity contribution in [3.63, 3.8) is 0 Å². The molecule has 2 aromatic rings. The van der Waals surface area contributed by atoms with Crippen LogP contribution >= 0.6 is 22.9 Å². The number of nitrogens with one attached hydrogen (secondary N) is 2. The molecule has 0 atom stereocenters. The number of anilines is 2. The maximum atomic E-state index is 11.8. The van der Waals surface area contributed by atoms with Crippen LogP contribution < -0.4 is 10.6 Å². The second kappa shape index (κ2) is 7.03. The minimum absolute atomic E-state index is 0.463. The van der Waals surface area contributed by atoms with Crippen molar-refractivity contribution >= 4 is 40.4 Å². The lowest BCUT2D eigenvalue weighted by molar-refractivity contribution is 0.0636. The summed E-state index contributed by atoms with van der Waals surface area (Å²) in [6.07, 6.45) is -0.463. The normalized spacial score (nSPS) is 11.1. The lowest BCUT2D eigenvalue weighted by Crippen LogP contribution is -2.27. The summed E-state index contributed by atoms with van der Waals surface area (Å²) in [5.74, 6) is 0. The van der Waals surface area contributed by atoms with Crippen molar-refractivity contribution in [2.75, 3.05) is 10.6 Å². The fraction of sp³-hybridized carbons (Fsp3) is 0.312. The number of carbonyl (C=O) groups is 1. The molecule has 0 spiro atoms. The molecule has 6 heteroatoms. The number of ether oxygens (including phenoxy) is 1. The summed E-state index contributed by atoms with van der Waals surface area (Å²) < 4.78 is 5.23. The van der Waals surface area contributed by atoms with Gasteiger partial charge in [0, 0.05) is 28.2 Å². The molecule has 0 bridgehead atoms. The Kier molecular flexibility index (Phi) is 5.32. The van der Waals surface area contributed by atoms with E-state index in [0.717, 1.165) is 15.6 Å². The van der Waals surface area contributed by atoms with E-state index in [1.54, 1.807) is 11.3 Å². The van der Waals surface area contributed by atoms with E-state index < -0.39 is 11.7 Å². The largest absolute Gasteiger partial charge is 0.444 e. The average Bonchev–Trinajstić information content (AvgIpc) is 2.80. The highest BCUT2D eigenvalue weighted by molar-refractivity contribution is 7.10. The van der Waals surface area contributed by atoms with E-state index in [4.69, 9.17) is 16.3 Å². The van der Waals surface area contributed by atoms with Gasteiger partial charge in [0.15, 0.2) is 0 Å². The summed E-state index contributed by atoms with van der Waals surface area (Å²) in [4.78, 5) is 12.9. The maximum absolute atomic E-state index is 11.8. The van der Waals surface area contributed by atoms with Gasteiger partial charge in [0.25, 0.3) is 0 Å². The molecule has 0 saturated carbocycles. The Hall–Kier alpha value is -1.72. The van der Waals surface area contributed by atoms with Crippen molar-refractivity contribution in [3.05, 3.63) is 45.6 Å². The number of hydrogen-bond donors (Lipinski definition) is 2. The topological polar surface area (TPSA) is 50.4 Å². The predicted octanol–water partition coefficient (Wildman–Crippen LogP) is 5.36. The SMILES string of the molecule is CC(C)(C)OC(=O)Nc1cccc(NCc2cc(Cl)cs2)c1. The predicted molar refractivity (Wildman–Crippen MR) is 93.0 cm³/mol. The fourth-order valence-electron chi connectivity index (χ4n) is 1.76. The lowest BCUT2D eigenvalue weighted by Gasteiger charge is -2.19. The molecule has 1 aromatic heterocycles. The van der Waals surface area contributed by atoms with Gasteiger partial charge in [-0.15, -0.1) is 11.3 Å². The minimum Gasteiger partial charge on any atom is -0.444 e. The standard InChI is InChI=1S/C16H19ClN2O2S/c1-16(2,3)21-15(20)19-13-6-4-5-12(8-13)18-9-14-7-11(17)10-22-14/h4-8,10,18H,9H2,1-3H3,(H,19,20). The highest BCUT2D eigenvalue weighted by atomic mass is 35.5. The van der Waals surface area contributed by atoms with Crippen molar-refractivity contribution in [1.29, 1.82) is 0 Å². The number of amides is 1. The van der Waals surface area contributed by atoms with Gasteiger partial charge in [0.1, 0.15) is 5.60 Å². The second-order valence-electron chi connectivity index (χ2n) is 5.79. The van der Waals surface area contributed by atoms with E-state index in [-0.39, 0.29) is 0 Å². The van der Waals surface area contributed by atoms with E-state index in [2.05, 4.69) is 10.6 Å². The molecule has 118 valence electrons. The van der Waals surface area contributed by atoms with Crippen LogP contribution in [0.2, 0.25) is 5.02 Å². The monoisotopic (exact) mass is 338 g/mol. The molecule has 22 heavy (non-hydrogen) atoms. The van der Waals surface area contributed by atoms with E-state index in [1.165, 1.54) is 0 Å². The molecule has 1 aromatic carbocycles. The van der Waals surface area contributed by atoms with E-state index in [1.807, 2.05) is 56.5 Å². The quantitative estimate of drug-likeness (QED) is 0.788. The Labute approximate surface area is 139 Å². The number of halogens is 1. The summed E-state index contributed by atoms with van der Waals surface area (Å²) >= 11 is 7.50. The Morgan fingerprint density at radius 3 is 2.64 bits per heavy atom. The first kappa shape index (κ1) is 16.6. The van der Waals surface area contributed by atoms with Gasteiger partial charge in [-0.2, -0.15) is 0 Å². The number of benzene rings is 1. The Balaban J connectivity index is 1.93. The van der Waals surface area contributed by atoms with Gasteiger partial charge in [-0.1, -0.05) is 17.7 Å². The average molecular weight is 339 g/mol. The van der Waals surface area contributed by atoms with Crippen LogP contribution in [0.3, 0.4) is 0 Å². The molecule has 1 amide bonds. The first-order valence-corrected chi connectivity index (χ1v) is 8.14. The van der Waals surface area contributed by atoms with Crippen LogP contribution in [0.5, 0.6) is 0 Å². The van der Waals surface area contributed by atoms with Crippen molar-refractivity contribution in [1.82, 2.24) is 0 Å². The van der Waals surface area contributed by atoms with Gasteiger partial charge in [-0.25, -0.2) is 4.79 Å². The van der Waals surface area contributed by atoms with Crippen molar-refractivity contribution in [2.24, 2.45) is 0 Å². The highest BCUT2D eigenvalue weighted by Gasteiger charge is 2.16. The van der Waals surface area contributed by atoms with Gasteiger partial charge in [-0.3, -0.25) is 5.32 Å². The fourth-order valence-corrected chi connectivity index (χ4v) is 2.78. The molecule has 0 unspecified atom stereocenters. The van der Waals surface area contributed by atoms with Gasteiger partial charge in [0.05, 0.1) is 5.02 Å². The summed E-state index contributed by atoms with van der Waals surface area (Å²) in [7, 11) is 0. The summed E-state index contributed by atoms with van der Waals surface area (Å²) in [5.41, 5.74) is 1.08. The van der Waals surface area contributed by atoms with Crippen LogP contribution in [0.1, 0.15) is 25.6 Å². The third-order valence-electron chi connectivity index (χ3n) is 2.60. The Morgan fingerprint density at radius 1 is 1.27 bits per heavy atom. The molecule has 2 rings (SSSR count). The number of rotatable bonds is 4. The van der Waals surface area contributed by atoms with Crippen molar-refractivity contribution in [3.8, 4) is 0 Å². The van der Waals surface area contributed by atoms with Crippen LogP contribution in [0.4, 0.5) is 16.2 Å². The Bertz CT molecular complexity index is 650. The van der Waals surface area contributed by atoms with Gasteiger partial charge in [0.2, 0.25) is 0 Å². The number of carbonyl (C=O) groups excluding carboxylic acids is 1. The maximum Gasteiger partial charge on any atom is 0.412 e. The van der Waals surface area contributed by atoms with E-state index >= 15 is 0 Å². The molecule has 0 aliphatic heterocycles. The van der Waals surface area contributed by atoms with Crippen LogP contribution in [0, 0.1) is 0 Å². The molecule has 0 aliphatic rings. The van der Waals surface area contributed by atoms with E-state index in [9.17, 15) is 4.79 Å². The van der Waals surface area contributed by atoms with E-state index in [0.29, 0.717) is 12.2 Å². The zero-order chi connectivity index (χ0) is 16.2. The highest BCUT2D eigenvalue weighted by Crippen LogP contribution is 2.21. The number of thiophene rings is 1. The minimum atomic E-state index is -0.515. The van der Waals surface area contributed by atoms with Crippen molar-refractivity contribution in [2.45, 2.75) is 32.9 Å². The molecule has 0 fully saturated rings. The summed E-state index contributed by atoms with van der Waals surface area (Å²) in [6.45, 7) is 6.18. The third-order valence-corrected chi connectivity index (χ3v) is 3.88.